The molecule has 4 heteroatoms. The minimum absolute atomic E-state index is 0.638. The quantitative estimate of drug-likeness (QED) is 0.145. The minimum atomic E-state index is 0.638. The number of rotatable bonds is 7. The van der Waals surface area contributed by atoms with Crippen molar-refractivity contribution in [2.75, 3.05) is 0 Å². The molecule has 0 bridgehead atoms. The van der Waals surface area contributed by atoms with Gasteiger partial charge in [0.05, 0.1) is 38.8 Å². The maximum atomic E-state index is 5.50. The normalized spacial score (nSPS) is 12.5. The summed E-state index contributed by atoms with van der Waals surface area (Å²) in [5.74, 6) is 0.638. The molecule has 11 rings (SSSR count). The zero-order chi connectivity index (χ0) is 38.7. The Balaban J connectivity index is 1.18. The van der Waals surface area contributed by atoms with Crippen LogP contribution in [0.5, 0.6) is 0 Å². The van der Waals surface area contributed by atoms with Crippen molar-refractivity contribution in [3.63, 3.8) is 0 Å². The van der Waals surface area contributed by atoms with Crippen molar-refractivity contribution in [1.82, 2.24) is 13.7 Å². The van der Waals surface area contributed by atoms with E-state index in [0.29, 0.717) is 5.82 Å². The van der Waals surface area contributed by atoms with Crippen LogP contribution in [-0.4, -0.2) is 19.4 Å². The monoisotopic (exact) mass is 742 g/mol. The van der Waals surface area contributed by atoms with Crippen LogP contribution in [0.15, 0.2) is 212 Å². The molecule has 0 radical (unpaired) electrons. The molecule has 8 aromatic carbocycles. The molecule has 0 amide bonds. The van der Waals surface area contributed by atoms with Gasteiger partial charge in [0.15, 0.2) is 0 Å². The fourth-order valence-electron chi connectivity index (χ4n) is 9.04. The van der Waals surface area contributed by atoms with Crippen LogP contribution in [0, 0.1) is 0 Å². The van der Waals surface area contributed by atoms with Gasteiger partial charge in [-0.2, -0.15) is 0 Å². The number of aromatic nitrogens is 3. The summed E-state index contributed by atoms with van der Waals surface area (Å²) in [6.45, 7) is 6.95. The molecule has 0 N–H and O–H groups in total. The van der Waals surface area contributed by atoms with Crippen molar-refractivity contribution in [3.8, 4) is 16.8 Å². The lowest BCUT2D eigenvalue weighted by Crippen LogP contribution is -2.04. The summed E-state index contributed by atoms with van der Waals surface area (Å²) in [6.07, 6.45) is 2.20. The molecule has 0 aliphatic carbocycles. The van der Waals surface area contributed by atoms with Crippen LogP contribution in [0.4, 0.5) is 0 Å². The van der Waals surface area contributed by atoms with Gasteiger partial charge < -0.3 is 9.13 Å². The molecule has 0 unspecified atom stereocenters. The first-order valence-electron chi connectivity index (χ1n) is 19.8. The van der Waals surface area contributed by atoms with Gasteiger partial charge in [-0.25, -0.2) is 4.99 Å². The standard InChI is InChI=1S/C54H38N4/c1-36(56-49-28-13-9-24-42(49)43-25-10-14-29-50(43)56)34-48(39-20-7-4-8-21-39)55-37(2)57-51-30-15-11-26-44(51)46-32-33-47-45-27-12-16-31-52(45)58(54(47)53(46)57)41-23-17-22-40(35-41)38-18-5-3-6-19-38/h3-35H,2H2,1H3/b36-34+,55-48?. The Bertz CT molecular complexity index is 3410. The highest BCUT2D eigenvalue weighted by molar-refractivity contribution is 6.24. The van der Waals surface area contributed by atoms with Crippen LogP contribution in [-0.2, 0) is 0 Å². The molecule has 274 valence electrons. The van der Waals surface area contributed by atoms with Crippen LogP contribution >= 0.6 is 0 Å². The minimum Gasteiger partial charge on any atom is -0.313 e. The topological polar surface area (TPSA) is 27.1 Å². The molecular formula is C54H38N4. The molecular weight excluding hydrogens is 705 g/mol. The largest absolute Gasteiger partial charge is 0.313 e. The first-order valence-corrected chi connectivity index (χ1v) is 19.8. The smallest absolute Gasteiger partial charge is 0.131 e. The van der Waals surface area contributed by atoms with Crippen molar-refractivity contribution < 1.29 is 0 Å². The van der Waals surface area contributed by atoms with Crippen molar-refractivity contribution in [3.05, 3.63) is 212 Å². The van der Waals surface area contributed by atoms with E-state index in [1.807, 2.05) is 0 Å². The van der Waals surface area contributed by atoms with Gasteiger partial charge in [0.25, 0.3) is 0 Å². The molecule has 3 aromatic heterocycles. The Morgan fingerprint density at radius 2 is 0.931 bits per heavy atom. The number of allylic oxidation sites excluding steroid dienone is 2. The molecule has 0 atom stereocenters. The van der Waals surface area contributed by atoms with Gasteiger partial charge in [0, 0.05) is 49.3 Å². The van der Waals surface area contributed by atoms with Crippen LogP contribution < -0.4 is 0 Å². The summed E-state index contributed by atoms with van der Waals surface area (Å²) in [7, 11) is 0. The van der Waals surface area contributed by atoms with Gasteiger partial charge in [-0.3, -0.25) is 4.57 Å². The maximum absolute atomic E-state index is 5.50. The summed E-state index contributed by atoms with van der Waals surface area (Å²) in [5, 5.41) is 7.15. The first kappa shape index (κ1) is 33.6. The highest BCUT2D eigenvalue weighted by atomic mass is 15.1. The first-order chi connectivity index (χ1) is 28.6. The average molecular weight is 743 g/mol. The van der Waals surface area contributed by atoms with E-state index in [1.54, 1.807) is 0 Å². The van der Waals surface area contributed by atoms with Gasteiger partial charge in [-0.15, -0.1) is 0 Å². The predicted octanol–water partition coefficient (Wildman–Crippen LogP) is 14.1. The number of aliphatic imine (C=N–C) groups is 1. The molecule has 58 heavy (non-hydrogen) atoms. The molecule has 11 aromatic rings. The van der Waals surface area contributed by atoms with Gasteiger partial charge >= 0.3 is 0 Å². The zero-order valence-corrected chi connectivity index (χ0v) is 32.0. The fraction of sp³-hybridized carbons (Fsp3) is 0.0185. The molecule has 4 nitrogen and oxygen atoms in total. The lowest BCUT2D eigenvalue weighted by atomic mass is 10.1. The van der Waals surface area contributed by atoms with Crippen LogP contribution in [0.2, 0.25) is 0 Å². The lowest BCUT2D eigenvalue weighted by Gasteiger charge is -2.14. The van der Waals surface area contributed by atoms with E-state index in [1.165, 1.54) is 32.7 Å². The van der Waals surface area contributed by atoms with Gasteiger partial charge in [0.1, 0.15) is 5.82 Å². The van der Waals surface area contributed by atoms with Crippen LogP contribution in [0.3, 0.4) is 0 Å². The number of hydrogen-bond acceptors (Lipinski definition) is 1. The number of para-hydroxylation sites is 4. The Hall–Kier alpha value is -7.69. The highest BCUT2D eigenvalue weighted by Gasteiger charge is 2.22. The van der Waals surface area contributed by atoms with E-state index >= 15 is 0 Å². The third kappa shape index (κ3) is 5.26. The third-order valence-corrected chi connectivity index (χ3v) is 11.5. The second-order valence-electron chi connectivity index (χ2n) is 14.9. The number of fused-ring (bicyclic) bond motifs is 10. The van der Waals surface area contributed by atoms with Gasteiger partial charge in [0.2, 0.25) is 0 Å². The summed E-state index contributed by atoms with van der Waals surface area (Å²) in [5.41, 5.74) is 13.1. The van der Waals surface area contributed by atoms with Crippen molar-refractivity contribution >= 4 is 82.6 Å². The van der Waals surface area contributed by atoms with Crippen LogP contribution in [0.25, 0.3) is 93.7 Å². The molecule has 0 saturated carbocycles. The van der Waals surface area contributed by atoms with E-state index < -0.39 is 0 Å². The number of nitrogens with zero attached hydrogens (tertiary/aromatic N) is 4. The molecule has 0 spiro atoms. The van der Waals surface area contributed by atoms with E-state index in [9.17, 15) is 0 Å². The number of benzene rings is 8. The second-order valence-corrected chi connectivity index (χ2v) is 14.9. The Kier molecular flexibility index (Phi) is 7.83. The van der Waals surface area contributed by atoms with E-state index in [2.05, 4.69) is 221 Å². The average Bonchev–Trinajstić information content (AvgIpc) is 3.93. The summed E-state index contributed by atoms with van der Waals surface area (Å²) >= 11 is 0. The Morgan fingerprint density at radius 1 is 0.448 bits per heavy atom. The number of hydrogen-bond donors (Lipinski definition) is 0. The maximum Gasteiger partial charge on any atom is 0.131 e. The Labute approximate surface area is 336 Å². The molecule has 0 saturated heterocycles. The molecule has 0 fully saturated rings. The van der Waals surface area contributed by atoms with E-state index in [-0.39, 0.29) is 0 Å². The van der Waals surface area contributed by atoms with Crippen molar-refractivity contribution in [2.45, 2.75) is 6.92 Å². The van der Waals surface area contributed by atoms with Gasteiger partial charge in [-0.1, -0.05) is 164 Å². The summed E-state index contributed by atoms with van der Waals surface area (Å²) < 4.78 is 7.05. The second kappa shape index (κ2) is 13.5. The molecule has 3 heterocycles. The molecule has 0 aliphatic rings. The van der Waals surface area contributed by atoms with Crippen molar-refractivity contribution in [2.24, 2.45) is 4.99 Å². The SMILES string of the molecule is C=C(N=C(/C=C(\C)n1c2ccccc2c2ccccc21)c1ccccc1)n1c2ccccc2c2ccc3c4ccccc4n(-c4cccc(-c5ccccc5)c4)c3c21. The van der Waals surface area contributed by atoms with E-state index in [0.717, 1.165) is 66.5 Å². The van der Waals surface area contributed by atoms with E-state index in [4.69, 9.17) is 11.6 Å². The summed E-state index contributed by atoms with van der Waals surface area (Å²) in [6, 6.07) is 69.1. The summed E-state index contributed by atoms with van der Waals surface area (Å²) in [4.78, 5) is 5.50. The van der Waals surface area contributed by atoms with Gasteiger partial charge in [-0.05, 0) is 60.5 Å². The lowest BCUT2D eigenvalue weighted by molar-refractivity contribution is 1.15. The Morgan fingerprint density at radius 3 is 1.57 bits per heavy atom. The van der Waals surface area contributed by atoms with Crippen molar-refractivity contribution in [1.29, 1.82) is 0 Å². The third-order valence-electron chi connectivity index (χ3n) is 11.5. The zero-order valence-electron chi connectivity index (χ0n) is 32.0. The highest BCUT2D eigenvalue weighted by Crippen LogP contribution is 2.42. The fourth-order valence-corrected chi connectivity index (χ4v) is 9.04. The predicted molar refractivity (Wildman–Crippen MR) is 247 cm³/mol. The molecule has 0 aliphatic heterocycles. The van der Waals surface area contributed by atoms with Crippen LogP contribution in [0.1, 0.15) is 12.5 Å².